The normalized spacial score (nSPS) is 15.3. The molecule has 0 aromatic heterocycles. The highest BCUT2D eigenvalue weighted by Crippen LogP contribution is 2.38. The SMILES string of the molecule is CC/C=C\C/C=C\C/C=C\C/C=C\C/C=C\CCCCCCCCCC(=O)NC(COP(=O)([O-])OCC[N+](C)(C)C)C(O)CCCCCC. The molecule has 0 aromatic rings. The second kappa shape index (κ2) is 32.1. The van der Waals surface area contributed by atoms with E-state index in [9.17, 15) is 19.4 Å². The van der Waals surface area contributed by atoms with Crippen molar-refractivity contribution in [1.82, 2.24) is 5.32 Å². The van der Waals surface area contributed by atoms with Crippen LogP contribution in [-0.2, 0) is 18.4 Å². The summed E-state index contributed by atoms with van der Waals surface area (Å²) < 4.78 is 22.9. The lowest BCUT2D eigenvalue weighted by Gasteiger charge is -2.30. The van der Waals surface area contributed by atoms with Gasteiger partial charge >= 0.3 is 0 Å². The number of aliphatic hydroxyl groups excluding tert-OH is 1. The zero-order valence-electron chi connectivity index (χ0n) is 31.9. The Morgan fingerprint density at radius 1 is 0.735 bits per heavy atom. The number of nitrogens with zero attached hydrogens (tertiary/aromatic N) is 1. The van der Waals surface area contributed by atoms with Crippen molar-refractivity contribution in [2.24, 2.45) is 0 Å². The predicted molar refractivity (Wildman–Crippen MR) is 205 cm³/mol. The Balaban J connectivity index is 4.14. The second-order valence-corrected chi connectivity index (χ2v) is 15.3. The minimum Gasteiger partial charge on any atom is -0.756 e. The fraction of sp³-hybridized carbons (Fsp3) is 0.725. The molecule has 284 valence electrons. The number of likely N-dealkylation sites (N-methyl/N-ethyl adjacent to an activating group) is 1. The van der Waals surface area contributed by atoms with Crippen LogP contribution in [0.15, 0.2) is 60.8 Å². The molecule has 3 atom stereocenters. The molecule has 0 spiro atoms. The van der Waals surface area contributed by atoms with E-state index in [1.54, 1.807) is 0 Å². The number of hydrogen-bond donors (Lipinski definition) is 2. The van der Waals surface area contributed by atoms with Crippen molar-refractivity contribution in [3.8, 4) is 0 Å². The third-order valence-corrected chi connectivity index (χ3v) is 8.98. The Kier molecular flexibility index (Phi) is 31.0. The number of unbranched alkanes of at least 4 members (excludes halogenated alkanes) is 10. The molecule has 1 amide bonds. The number of nitrogens with one attached hydrogen (secondary N) is 1. The summed E-state index contributed by atoms with van der Waals surface area (Å²) in [6, 6.07) is -0.804. The van der Waals surface area contributed by atoms with Gasteiger partial charge in [0.15, 0.2) is 0 Å². The maximum atomic E-state index is 12.7. The summed E-state index contributed by atoms with van der Waals surface area (Å²) in [5.41, 5.74) is 0. The van der Waals surface area contributed by atoms with Gasteiger partial charge in [-0.05, 0) is 57.8 Å². The highest BCUT2D eigenvalue weighted by atomic mass is 31.2. The van der Waals surface area contributed by atoms with Crippen LogP contribution < -0.4 is 10.2 Å². The van der Waals surface area contributed by atoms with Gasteiger partial charge in [-0.3, -0.25) is 9.36 Å². The van der Waals surface area contributed by atoms with Gasteiger partial charge in [0.2, 0.25) is 5.91 Å². The number of phosphoric acid groups is 1. The largest absolute Gasteiger partial charge is 0.756 e. The standard InChI is InChI=1S/C40H73N2O6P/c1-6-8-10-12-13-14-15-16-17-18-19-20-21-22-23-24-25-26-27-28-29-30-32-34-40(44)41-38(39(43)33-31-11-9-7-2)37-48-49(45,46)47-36-35-42(3,4)5/h8,10,13-14,16-17,19-20,22-23,38-39,43H,6-7,9,11-12,15,18,21,24-37H2,1-5H3,(H-,41,44,45,46)/b10-8-,14-13-,17-16-,20-19-,23-22-. The minimum absolute atomic E-state index is 0.00514. The first-order chi connectivity index (χ1) is 23.5. The zero-order chi connectivity index (χ0) is 36.5. The van der Waals surface area contributed by atoms with E-state index in [0.29, 0.717) is 23.9 Å². The summed E-state index contributed by atoms with van der Waals surface area (Å²) in [6.07, 6.45) is 40.0. The molecule has 0 rings (SSSR count). The molecular weight excluding hydrogens is 635 g/mol. The van der Waals surface area contributed by atoms with Crippen LogP contribution in [0.2, 0.25) is 0 Å². The quantitative estimate of drug-likeness (QED) is 0.0305. The molecule has 8 nitrogen and oxygen atoms in total. The van der Waals surface area contributed by atoms with E-state index >= 15 is 0 Å². The van der Waals surface area contributed by atoms with E-state index in [-0.39, 0.29) is 19.1 Å². The van der Waals surface area contributed by atoms with Crippen molar-refractivity contribution in [3.05, 3.63) is 60.8 Å². The molecule has 3 unspecified atom stereocenters. The fourth-order valence-corrected chi connectivity index (χ4v) is 5.67. The molecule has 2 N–H and O–H groups in total. The number of phosphoric ester groups is 1. The summed E-state index contributed by atoms with van der Waals surface area (Å²) in [4.78, 5) is 25.0. The molecule has 0 aromatic carbocycles. The van der Waals surface area contributed by atoms with E-state index in [0.717, 1.165) is 89.9 Å². The minimum atomic E-state index is -4.55. The number of quaternary nitrogens is 1. The first-order valence-corrected chi connectivity index (χ1v) is 20.6. The van der Waals surface area contributed by atoms with Crippen LogP contribution in [0.1, 0.15) is 136 Å². The van der Waals surface area contributed by atoms with Gasteiger partial charge in [0.05, 0.1) is 39.9 Å². The lowest BCUT2D eigenvalue weighted by atomic mass is 10.0. The first kappa shape index (κ1) is 47.2. The van der Waals surface area contributed by atoms with Crippen LogP contribution in [-0.4, -0.2) is 68.5 Å². The molecule has 0 aliphatic rings. The van der Waals surface area contributed by atoms with Crippen molar-refractivity contribution in [1.29, 1.82) is 0 Å². The van der Waals surface area contributed by atoms with Gasteiger partial charge < -0.3 is 28.8 Å². The molecule has 0 heterocycles. The monoisotopic (exact) mass is 709 g/mol. The van der Waals surface area contributed by atoms with Crippen molar-refractivity contribution in [2.75, 3.05) is 40.9 Å². The summed E-state index contributed by atoms with van der Waals surface area (Å²) in [5.74, 6) is -0.190. The van der Waals surface area contributed by atoms with Gasteiger partial charge in [0.1, 0.15) is 13.2 Å². The van der Waals surface area contributed by atoms with Gasteiger partial charge in [-0.15, -0.1) is 0 Å². The maximum absolute atomic E-state index is 12.7. The molecule has 0 saturated heterocycles. The van der Waals surface area contributed by atoms with Gasteiger partial charge in [0, 0.05) is 6.42 Å². The van der Waals surface area contributed by atoms with Gasteiger partial charge in [0.25, 0.3) is 7.82 Å². The van der Waals surface area contributed by atoms with E-state index in [2.05, 4.69) is 79.9 Å². The number of allylic oxidation sites excluding steroid dienone is 10. The highest BCUT2D eigenvalue weighted by Gasteiger charge is 2.24. The Labute approximate surface area is 301 Å². The third kappa shape index (κ3) is 34.4. The Morgan fingerprint density at radius 2 is 1.24 bits per heavy atom. The molecule has 0 fully saturated rings. The molecular formula is C40H73N2O6P. The lowest BCUT2D eigenvalue weighted by Crippen LogP contribution is -2.46. The van der Waals surface area contributed by atoms with Crippen LogP contribution in [0, 0.1) is 0 Å². The van der Waals surface area contributed by atoms with Crippen LogP contribution in [0.3, 0.4) is 0 Å². The fourth-order valence-electron chi connectivity index (χ4n) is 4.94. The summed E-state index contributed by atoms with van der Waals surface area (Å²) in [5, 5.41) is 13.6. The Bertz CT molecular complexity index is 986. The smallest absolute Gasteiger partial charge is 0.268 e. The molecule has 0 aliphatic carbocycles. The van der Waals surface area contributed by atoms with E-state index in [1.807, 2.05) is 21.1 Å². The van der Waals surface area contributed by atoms with Crippen LogP contribution >= 0.6 is 7.82 Å². The maximum Gasteiger partial charge on any atom is 0.268 e. The molecule has 49 heavy (non-hydrogen) atoms. The lowest BCUT2D eigenvalue weighted by molar-refractivity contribution is -0.870. The molecule has 0 bridgehead atoms. The molecule has 0 radical (unpaired) electrons. The van der Waals surface area contributed by atoms with Gasteiger partial charge in [-0.25, -0.2) is 0 Å². The zero-order valence-corrected chi connectivity index (χ0v) is 32.8. The molecule has 0 aliphatic heterocycles. The van der Waals surface area contributed by atoms with Crippen LogP contribution in [0.5, 0.6) is 0 Å². The number of hydrogen-bond acceptors (Lipinski definition) is 6. The second-order valence-electron chi connectivity index (χ2n) is 13.9. The number of aliphatic hydroxyl groups is 1. The average Bonchev–Trinajstić information content (AvgIpc) is 3.04. The van der Waals surface area contributed by atoms with E-state index in [4.69, 9.17) is 9.05 Å². The average molecular weight is 709 g/mol. The highest BCUT2D eigenvalue weighted by molar-refractivity contribution is 7.45. The van der Waals surface area contributed by atoms with Gasteiger partial charge in [-0.2, -0.15) is 0 Å². The van der Waals surface area contributed by atoms with Crippen molar-refractivity contribution in [2.45, 2.75) is 148 Å². The number of amides is 1. The van der Waals surface area contributed by atoms with Crippen LogP contribution in [0.25, 0.3) is 0 Å². The summed E-state index contributed by atoms with van der Waals surface area (Å²) in [7, 11) is 1.28. The van der Waals surface area contributed by atoms with Crippen molar-refractivity contribution in [3.63, 3.8) is 0 Å². The van der Waals surface area contributed by atoms with Crippen molar-refractivity contribution >= 4 is 13.7 Å². The number of rotatable bonds is 33. The topological polar surface area (TPSA) is 108 Å². The Morgan fingerprint density at radius 3 is 1.80 bits per heavy atom. The molecule has 0 saturated carbocycles. The van der Waals surface area contributed by atoms with Crippen molar-refractivity contribution < 1.29 is 32.9 Å². The summed E-state index contributed by atoms with van der Waals surface area (Å²) in [6.45, 7) is 4.43. The van der Waals surface area contributed by atoms with Gasteiger partial charge in [-0.1, -0.05) is 132 Å². The first-order valence-electron chi connectivity index (χ1n) is 19.1. The number of carbonyl (C=O) groups is 1. The number of carbonyl (C=O) groups excluding carboxylic acids is 1. The van der Waals surface area contributed by atoms with E-state index in [1.165, 1.54) is 19.3 Å². The third-order valence-electron chi connectivity index (χ3n) is 8.02. The van der Waals surface area contributed by atoms with E-state index < -0.39 is 20.0 Å². The Hall–Kier alpha value is -1.80. The van der Waals surface area contributed by atoms with Crippen LogP contribution in [0.4, 0.5) is 0 Å². The summed E-state index contributed by atoms with van der Waals surface area (Å²) >= 11 is 0. The molecule has 9 heteroatoms. The predicted octanol–water partition coefficient (Wildman–Crippen LogP) is 9.27.